The van der Waals surface area contributed by atoms with E-state index in [0.717, 1.165) is 5.56 Å². The van der Waals surface area contributed by atoms with Gasteiger partial charge in [0.05, 0.1) is 22.5 Å². The molecule has 9 heteroatoms. The zero-order valence-corrected chi connectivity index (χ0v) is 18.8. The predicted octanol–water partition coefficient (Wildman–Crippen LogP) is 2.05. The Morgan fingerprint density at radius 2 is 1.88 bits per heavy atom. The molecule has 0 bridgehead atoms. The van der Waals surface area contributed by atoms with Crippen LogP contribution in [-0.4, -0.2) is 54.0 Å². The molecule has 0 radical (unpaired) electrons. The highest BCUT2D eigenvalue weighted by atomic mass is 35.5. The number of hydrogen-bond acceptors (Lipinski definition) is 6. The standard InChI is InChI=1S/C24H24ClN3O5/c1-33-11-3-10-28-21(30)18-17(12-13-6-8-14(29)9-7-13)27-24(19(18)22(28)31)15-4-2-5-16(25)20(15)26-23(24)32/h2,4-9,17-19,27,29H,3,10-12H2,1H3,(H,26,32). The summed E-state index contributed by atoms with van der Waals surface area (Å²) in [4.78, 5) is 41.8. The second-order valence-electron chi connectivity index (χ2n) is 8.72. The number of anilines is 1. The van der Waals surface area contributed by atoms with Crippen molar-refractivity contribution in [2.75, 3.05) is 25.6 Å². The maximum Gasteiger partial charge on any atom is 0.250 e. The number of fused-ring (bicyclic) bond motifs is 4. The van der Waals surface area contributed by atoms with Gasteiger partial charge in [-0.05, 0) is 36.6 Å². The van der Waals surface area contributed by atoms with Gasteiger partial charge in [-0.2, -0.15) is 0 Å². The highest BCUT2D eigenvalue weighted by molar-refractivity contribution is 6.35. The van der Waals surface area contributed by atoms with Crippen molar-refractivity contribution < 1.29 is 24.2 Å². The first kappa shape index (κ1) is 21.9. The molecule has 1 spiro atoms. The molecule has 3 aliphatic rings. The number of ether oxygens (including phenoxy) is 1. The van der Waals surface area contributed by atoms with Gasteiger partial charge in [0.15, 0.2) is 0 Å². The van der Waals surface area contributed by atoms with E-state index in [0.29, 0.717) is 35.7 Å². The third-order valence-electron chi connectivity index (χ3n) is 6.91. The molecule has 3 aliphatic heterocycles. The molecule has 8 nitrogen and oxygen atoms in total. The Balaban J connectivity index is 1.58. The zero-order valence-electron chi connectivity index (χ0n) is 18.0. The summed E-state index contributed by atoms with van der Waals surface area (Å²) in [6.45, 7) is 0.663. The number of rotatable bonds is 6. The molecule has 2 aromatic rings. The van der Waals surface area contributed by atoms with E-state index in [9.17, 15) is 19.5 Å². The summed E-state index contributed by atoms with van der Waals surface area (Å²) >= 11 is 6.36. The van der Waals surface area contributed by atoms with Gasteiger partial charge >= 0.3 is 0 Å². The fourth-order valence-electron chi connectivity index (χ4n) is 5.50. The topological polar surface area (TPSA) is 108 Å². The quantitative estimate of drug-likeness (QED) is 0.441. The number of para-hydroxylation sites is 1. The molecule has 3 heterocycles. The van der Waals surface area contributed by atoms with E-state index >= 15 is 0 Å². The summed E-state index contributed by atoms with van der Waals surface area (Å²) in [6.07, 6.45) is 0.933. The van der Waals surface area contributed by atoms with Gasteiger partial charge in [-0.15, -0.1) is 0 Å². The van der Waals surface area contributed by atoms with Gasteiger partial charge in [0.1, 0.15) is 11.3 Å². The van der Waals surface area contributed by atoms with Crippen LogP contribution in [0.3, 0.4) is 0 Å². The van der Waals surface area contributed by atoms with Crippen LogP contribution in [0, 0.1) is 11.8 Å². The minimum Gasteiger partial charge on any atom is -0.508 e. The van der Waals surface area contributed by atoms with Gasteiger partial charge in [0.25, 0.3) is 0 Å². The number of carbonyl (C=O) groups excluding carboxylic acids is 3. The number of carbonyl (C=O) groups is 3. The molecule has 2 fully saturated rings. The maximum absolute atomic E-state index is 13.6. The smallest absolute Gasteiger partial charge is 0.250 e. The third kappa shape index (κ3) is 3.24. The minimum atomic E-state index is -1.38. The number of nitrogens with one attached hydrogen (secondary N) is 2. The van der Waals surface area contributed by atoms with Crippen molar-refractivity contribution in [2.45, 2.75) is 24.4 Å². The normalized spacial score (nSPS) is 27.9. The number of amides is 3. The Hall–Kier alpha value is -2.94. The van der Waals surface area contributed by atoms with Crippen molar-refractivity contribution in [1.29, 1.82) is 0 Å². The van der Waals surface area contributed by atoms with Gasteiger partial charge in [0.2, 0.25) is 17.7 Å². The van der Waals surface area contributed by atoms with Crippen molar-refractivity contribution in [3.63, 3.8) is 0 Å². The molecule has 5 rings (SSSR count). The second kappa shape index (κ2) is 8.13. The number of phenolic OH excluding ortho intramolecular Hbond substituents is 1. The average molecular weight is 470 g/mol. The van der Waals surface area contributed by atoms with Crippen LogP contribution < -0.4 is 10.6 Å². The van der Waals surface area contributed by atoms with Gasteiger partial charge in [-0.25, -0.2) is 0 Å². The lowest BCUT2D eigenvalue weighted by molar-refractivity contribution is -0.143. The monoisotopic (exact) mass is 469 g/mol. The Kier molecular flexibility index (Phi) is 5.39. The lowest BCUT2D eigenvalue weighted by atomic mass is 9.76. The van der Waals surface area contributed by atoms with Crippen LogP contribution >= 0.6 is 11.6 Å². The number of phenols is 1. The lowest BCUT2D eigenvalue weighted by Gasteiger charge is -2.29. The van der Waals surface area contributed by atoms with Crippen LogP contribution in [0.15, 0.2) is 42.5 Å². The summed E-state index contributed by atoms with van der Waals surface area (Å²) in [6, 6.07) is 11.4. The average Bonchev–Trinajstić information content (AvgIpc) is 3.37. The van der Waals surface area contributed by atoms with Crippen LogP contribution in [0.4, 0.5) is 5.69 Å². The van der Waals surface area contributed by atoms with E-state index in [1.165, 1.54) is 4.90 Å². The van der Waals surface area contributed by atoms with E-state index in [4.69, 9.17) is 16.3 Å². The van der Waals surface area contributed by atoms with Crippen molar-refractivity contribution in [3.8, 4) is 5.75 Å². The Labute approximate surface area is 195 Å². The number of methoxy groups -OCH3 is 1. The first-order valence-electron chi connectivity index (χ1n) is 10.9. The van der Waals surface area contributed by atoms with E-state index < -0.39 is 23.4 Å². The summed E-state index contributed by atoms with van der Waals surface area (Å²) in [5.74, 6) is -2.46. The first-order chi connectivity index (χ1) is 15.9. The molecule has 33 heavy (non-hydrogen) atoms. The van der Waals surface area contributed by atoms with Gasteiger partial charge in [0, 0.05) is 31.9 Å². The largest absolute Gasteiger partial charge is 0.508 e. The highest BCUT2D eigenvalue weighted by Crippen LogP contribution is 2.54. The van der Waals surface area contributed by atoms with Gasteiger partial charge in [-0.1, -0.05) is 35.9 Å². The molecule has 0 aromatic heterocycles. The summed E-state index contributed by atoms with van der Waals surface area (Å²) in [7, 11) is 1.57. The van der Waals surface area contributed by atoms with Crippen LogP contribution in [0.1, 0.15) is 17.5 Å². The van der Waals surface area contributed by atoms with E-state index in [-0.39, 0.29) is 30.0 Å². The number of imide groups is 1. The third-order valence-corrected chi connectivity index (χ3v) is 7.23. The zero-order chi connectivity index (χ0) is 23.3. The van der Waals surface area contributed by atoms with Gasteiger partial charge < -0.3 is 15.2 Å². The maximum atomic E-state index is 13.6. The number of aromatic hydroxyl groups is 1. The summed E-state index contributed by atoms with van der Waals surface area (Å²) in [5, 5.41) is 16.2. The Morgan fingerprint density at radius 1 is 1.12 bits per heavy atom. The molecular formula is C24H24ClN3O5. The van der Waals surface area contributed by atoms with Crippen LogP contribution in [0.5, 0.6) is 5.75 Å². The van der Waals surface area contributed by atoms with E-state index in [2.05, 4.69) is 10.6 Å². The van der Waals surface area contributed by atoms with E-state index in [1.54, 1.807) is 49.6 Å². The number of nitrogens with zero attached hydrogens (tertiary/aromatic N) is 1. The van der Waals surface area contributed by atoms with E-state index in [1.807, 2.05) is 0 Å². The number of hydrogen-bond donors (Lipinski definition) is 3. The molecule has 2 aromatic carbocycles. The fourth-order valence-corrected chi connectivity index (χ4v) is 5.72. The van der Waals surface area contributed by atoms with Gasteiger partial charge in [-0.3, -0.25) is 24.6 Å². The van der Waals surface area contributed by atoms with Crippen molar-refractivity contribution >= 4 is 35.0 Å². The number of likely N-dealkylation sites (tertiary alicyclic amines) is 1. The highest BCUT2D eigenvalue weighted by Gasteiger charge is 2.70. The molecular weight excluding hydrogens is 446 g/mol. The molecule has 3 N–H and O–H groups in total. The minimum absolute atomic E-state index is 0.141. The predicted molar refractivity (Wildman–Crippen MR) is 121 cm³/mol. The Bertz CT molecular complexity index is 1140. The second-order valence-corrected chi connectivity index (χ2v) is 9.13. The first-order valence-corrected chi connectivity index (χ1v) is 11.3. The molecule has 3 amide bonds. The summed E-state index contributed by atoms with van der Waals surface area (Å²) in [5.41, 5.74) is 0.556. The summed E-state index contributed by atoms with van der Waals surface area (Å²) < 4.78 is 5.09. The number of halogens is 1. The molecule has 4 atom stereocenters. The van der Waals surface area contributed by atoms with Crippen molar-refractivity contribution in [2.24, 2.45) is 11.8 Å². The molecule has 4 unspecified atom stereocenters. The molecule has 172 valence electrons. The van der Waals surface area contributed by atoms with Crippen LogP contribution in [0.25, 0.3) is 0 Å². The number of benzene rings is 2. The fraction of sp³-hybridized carbons (Fsp3) is 0.375. The van der Waals surface area contributed by atoms with Crippen molar-refractivity contribution in [1.82, 2.24) is 10.2 Å². The van der Waals surface area contributed by atoms with Crippen molar-refractivity contribution in [3.05, 3.63) is 58.6 Å². The SMILES string of the molecule is COCCCN1C(=O)C2C(Cc3ccc(O)cc3)NC3(C(=O)Nc4c(Cl)cccc43)C2C1=O. The molecule has 0 saturated carbocycles. The molecule has 0 aliphatic carbocycles. The van der Waals surface area contributed by atoms with Crippen LogP contribution in [0.2, 0.25) is 5.02 Å². The lowest BCUT2D eigenvalue weighted by Crippen LogP contribution is -2.53. The molecule has 2 saturated heterocycles. The Morgan fingerprint density at radius 3 is 2.61 bits per heavy atom. The van der Waals surface area contributed by atoms with Crippen LogP contribution in [-0.2, 0) is 31.1 Å².